The molecule has 4 fully saturated rings. The third-order valence-corrected chi connectivity index (χ3v) is 16.2. The fourth-order valence-electron chi connectivity index (χ4n) is 9.68. The van der Waals surface area contributed by atoms with Crippen LogP contribution in [0.15, 0.2) is 97.1 Å². The molecular formula is C72H123N11O10. The Morgan fingerprint density at radius 2 is 1.06 bits per heavy atom. The zero-order valence-corrected chi connectivity index (χ0v) is 60.5. The lowest BCUT2D eigenvalue weighted by Gasteiger charge is -2.37. The van der Waals surface area contributed by atoms with Gasteiger partial charge in [-0.05, 0) is 180 Å². The van der Waals surface area contributed by atoms with E-state index in [1.54, 1.807) is 48.9 Å². The number of hydrogen-bond donors (Lipinski definition) is 6. The number of ketones is 1. The summed E-state index contributed by atoms with van der Waals surface area (Å²) >= 11 is 0. The first-order chi connectivity index (χ1) is 44.5. The number of carbonyl (C=O) groups excluding carboxylic acids is 4. The second kappa shape index (κ2) is 50.9. The number of nitrogens with zero attached hydrogens (tertiary/aromatic N) is 5. The van der Waals surface area contributed by atoms with Crippen molar-refractivity contribution < 1.29 is 47.6 Å². The van der Waals surface area contributed by atoms with E-state index < -0.39 is 0 Å². The summed E-state index contributed by atoms with van der Waals surface area (Å²) < 4.78 is 30.1. The number of ether oxygens (including phenoxy) is 6. The summed E-state index contributed by atoms with van der Waals surface area (Å²) in [5.41, 5.74) is 5.04. The van der Waals surface area contributed by atoms with Gasteiger partial charge in [0.25, 0.3) is 0 Å². The van der Waals surface area contributed by atoms with Gasteiger partial charge in [-0.2, -0.15) is 0 Å². The minimum atomic E-state index is -0.257. The molecule has 526 valence electrons. The van der Waals surface area contributed by atoms with E-state index in [1.807, 2.05) is 130 Å². The van der Waals surface area contributed by atoms with Gasteiger partial charge in [-0.3, -0.25) is 19.2 Å². The number of morpholine rings is 1. The molecule has 4 aliphatic heterocycles. The van der Waals surface area contributed by atoms with Gasteiger partial charge in [-0.15, -0.1) is 0 Å². The maximum atomic E-state index is 11.5. The Hall–Kier alpha value is -6.56. The zero-order valence-electron chi connectivity index (χ0n) is 60.5. The molecule has 1 aliphatic carbocycles. The molecule has 1 amide bonds. The molecule has 21 nitrogen and oxygen atoms in total. The summed E-state index contributed by atoms with van der Waals surface area (Å²) in [6.07, 6.45) is 4.89. The summed E-state index contributed by atoms with van der Waals surface area (Å²) in [6.45, 7) is 29.6. The third kappa shape index (κ3) is 37.8. The molecule has 1 unspecified atom stereocenters. The monoisotopic (exact) mass is 1300 g/mol. The Kier molecular flexibility index (Phi) is 46.2. The SMILES string of the molecule is CC(=O)N1CCN(C)CC1.CCOC(=O)[C@H](C)NC.CCOC(=O)[C@H](Cc1ccccc1)NC.CN1CCN(C)CC1.CN1CCOCC1.CNC1C[C@@H](C)CC[C@@H]1C(C)C.CNc1ccc(C(C)=O)cc1.CNc1ccc(OC)cc1.CNc1ccc2c(c1)OCO2. The average molecular weight is 1300 g/mol. The van der Waals surface area contributed by atoms with Crippen molar-refractivity contribution in [2.75, 3.05) is 192 Å². The molecule has 0 bridgehead atoms. The summed E-state index contributed by atoms with van der Waals surface area (Å²) in [5.74, 6) is 5.13. The maximum Gasteiger partial charge on any atom is 0.323 e. The molecule has 9 rings (SSSR count). The van der Waals surface area contributed by atoms with Crippen LogP contribution in [-0.2, 0) is 35.0 Å². The predicted molar refractivity (Wildman–Crippen MR) is 383 cm³/mol. The molecule has 0 aromatic heterocycles. The lowest BCUT2D eigenvalue weighted by Crippen LogP contribution is -2.46. The predicted octanol–water partition coefficient (Wildman–Crippen LogP) is 8.92. The van der Waals surface area contributed by atoms with Crippen molar-refractivity contribution in [2.24, 2.45) is 17.8 Å². The van der Waals surface area contributed by atoms with Gasteiger partial charge in [0.2, 0.25) is 12.7 Å². The zero-order chi connectivity index (χ0) is 69.5. The highest BCUT2D eigenvalue weighted by molar-refractivity contribution is 5.94. The Balaban J connectivity index is 0.000000527. The minimum Gasteiger partial charge on any atom is -0.497 e. The second-order valence-corrected chi connectivity index (χ2v) is 23.8. The number of methoxy groups -OCH3 is 1. The van der Waals surface area contributed by atoms with Crippen molar-refractivity contribution in [1.29, 1.82) is 0 Å². The highest BCUT2D eigenvalue weighted by Crippen LogP contribution is 2.34. The van der Waals surface area contributed by atoms with Crippen LogP contribution in [0.3, 0.4) is 0 Å². The maximum absolute atomic E-state index is 11.5. The molecule has 1 saturated carbocycles. The normalized spacial score (nSPS) is 18.1. The van der Waals surface area contributed by atoms with Gasteiger partial charge in [0.05, 0.1) is 33.5 Å². The number of esters is 2. The smallest absolute Gasteiger partial charge is 0.323 e. The highest BCUT2D eigenvalue weighted by atomic mass is 16.7. The van der Waals surface area contributed by atoms with E-state index in [0.29, 0.717) is 26.4 Å². The first-order valence-electron chi connectivity index (χ1n) is 33.2. The Bertz CT molecular complexity index is 2510. The molecular weight excluding hydrogens is 1180 g/mol. The van der Waals surface area contributed by atoms with E-state index in [1.165, 1.54) is 45.4 Å². The number of rotatable bonds is 15. The van der Waals surface area contributed by atoms with Crippen LogP contribution in [-0.4, -0.2) is 243 Å². The lowest BCUT2D eigenvalue weighted by atomic mass is 9.74. The summed E-state index contributed by atoms with van der Waals surface area (Å²) in [5, 5.41) is 18.2. The quantitative estimate of drug-likeness (QED) is 0.0484. The van der Waals surface area contributed by atoms with E-state index in [9.17, 15) is 19.2 Å². The number of Topliss-reactive ketones (excluding diaryl/α,β-unsaturated/α-hetero) is 1. The number of piperazine rings is 2. The van der Waals surface area contributed by atoms with Crippen molar-refractivity contribution in [1.82, 2.24) is 40.4 Å². The number of anilines is 3. The third-order valence-electron chi connectivity index (χ3n) is 16.2. The van der Waals surface area contributed by atoms with Crippen molar-refractivity contribution >= 4 is 40.7 Å². The molecule has 4 aromatic rings. The molecule has 4 heterocycles. The first-order valence-corrected chi connectivity index (χ1v) is 33.2. The van der Waals surface area contributed by atoms with Crippen molar-refractivity contribution in [3.05, 3.63) is 108 Å². The standard InChI is InChI=1S/C12H17NO2.C11H23N.C9H11NO.C8H9NO2.C8H11NO.C7H14N2O.C6H14N2.C6H13NO2.C5H11NO/c1-3-15-12(14)11(13-2)9-10-7-5-4-6-8-10;1-8(2)10-6-5-9(3)7-11(10)12-4;1-7(11)8-3-5-9(10-2)6-4-8;1-9-6-2-3-7-8(4-6)11-5-10-7;1-9-7-3-5-8(10-2)6-4-7;1-7(10)9-5-3-8(2)4-6-9;1-7-3-5-8(2)6-4-7;1-4-9-6(8)5(2)7-3;1-6-2-4-7-5-3-6/h4-8,11,13H,3,9H2,1-2H3;8-12H,5-7H2,1-4H3;3-6,10H,1-2H3;2-4,9H,5H2,1H3;3-6,9H,1-2H3;3-6H2,1-2H3;3-6H2,1-2H3;5,7H,4H2,1-3H3;2-5H2,1H3/t11-;9-,10+,11?;;;;;;5-;/m00.....0./s1. The largest absolute Gasteiger partial charge is 0.497 e. The molecule has 21 heteroatoms. The molecule has 5 atom stereocenters. The number of hydrogen-bond acceptors (Lipinski definition) is 20. The highest BCUT2D eigenvalue weighted by Gasteiger charge is 2.29. The lowest BCUT2D eigenvalue weighted by molar-refractivity contribution is -0.146. The molecule has 3 saturated heterocycles. The van der Waals surface area contributed by atoms with E-state index >= 15 is 0 Å². The number of amides is 1. The fourth-order valence-corrected chi connectivity index (χ4v) is 9.68. The first kappa shape index (κ1) is 84.5. The van der Waals surface area contributed by atoms with Crippen molar-refractivity contribution in [3.8, 4) is 17.2 Å². The van der Waals surface area contributed by atoms with Gasteiger partial charge in [0.1, 0.15) is 17.8 Å². The van der Waals surface area contributed by atoms with Gasteiger partial charge in [0, 0.05) is 128 Å². The van der Waals surface area contributed by atoms with E-state index in [2.05, 4.69) is 108 Å². The van der Waals surface area contributed by atoms with Crippen LogP contribution in [0, 0.1) is 17.8 Å². The van der Waals surface area contributed by atoms with Crippen LogP contribution in [0.25, 0.3) is 0 Å². The molecule has 4 aromatic carbocycles. The Morgan fingerprint density at radius 1 is 0.581 bits per heavy atom. The van der Waals surface area contributed by atoms with Crippen LogP contribution in [0.1, 0.15) is 90.6 Å². The fraction of sp³-hybridized carbons (Fsp3) is 0.611. The minimum absolute atomic E-state index is 0.104. The van der Waals surface area contributed by atoms with E-state index in [0.717, 1.165) is 122 Å². The van der Waals surface area contributed by atoms with E-state index in [4.69, 9.17) is 28.4 Å². The van der Waals surface area contributed by atoms with Crippen LogP contribution < -0.4 is 46.1 Å². The topological polar surface area (TPSA) is 212 Å². The number of fused-ring (bicyclic) bond motifs is 1. The number of carbonyl (C=O) groups is 4. The number of benzene rings is 4. The van der Waals surface area contributed by atoms with Gasteiger partial charge < -0.3 is 84.8 Å². The van der Waals surface area contributed by atoms with Crippen LogP contribution in [0.4, 0.5) is 17.1 Å². The van der Waals surface area contributed by atoms with Crippen molar-refractivity contribution in [2.45, 2.75) is 99.2 Å². The average Bonchev–Trinajstić information content (AvgIpc) is 3.31. The number of likely N-dealkylation sites (N-methyl/N-ethyl adjacent to an activating group) is 6. The van der Waals surface area contributed by atoms with E-state index in [-0.39, 0.29) is 35.7 Å². The molecule has 6 N–H and O–H groups in total. The second-order valence-electron chi connectivity index (χ2n) is 23.8. The molecule has 5 aliphatic rings. The van der Waals surface area contributed by atoms with Gasteiger partial charge in [0.15, 0.2) is 17.3 Å². The summed E-state index contributed by atoms with van der Waals surface area (Å²) in [7, 11) is 21.4. The van der Waals surface area contributed by atoms with Crippen LogP contribution in [0.5, 0.6) is 17.2 Å². The molecule has 93 heavy (non-hydrogen) atoms. The Labute approximate surface area is 561 Å². The Morgan fingerprint density at radius 3 is 1.49 bits per heavy atom. The molecule has 0 spiro atoms. The summed E-state index contributed by atoms with van der Waals surface area (Å²) in [6, 6.07) is 31.2. The molecule has 0 radical (unpaired) electrons. The van der Waals surface area contributed by atoms with Crippen LogP contribution in [0.2, 0.25) is 0 Å². The number of nitrogens with one attached hydrogen (secondary N) is 6. The van der Waals surface area contributed by atoms with Gasteiger partial charge >= 0.3 is 11.9 Å². The van der Waals surface area contributed by atoms with Gasteiger partial charge in [-0.25, -0.2) is 0 Å². The van der Waals surface area contributed by atoms with Crippen LogP contribution >= 0.6 is 0 Å². The van der Waals surface area contributed by atoms with Crippen molar-refractivity contribution in [3.63, 3.8) is 0 Å². The summed E-state index contributed by atoms with van der Waals surface area (Å²) in [4.78, 5) is 54.9. The van der Waals surface area contributed by atoms with Gasteiger partial charge in [-0.1, -0.05) is 57.5 Å².